The maximum absolute atomic E-state index is 12.1. The summed E-state index contributed by atoms with van der Waals surface area (Å²) in [6, 6.07) is 3.72. The minimum Gasteiger partial charge on any atom is -0.399 e. The normalized spacial score (nSPS) is 11.4. The summed E-state index contributed by atoms with van der Waals surface area (Å²) in [6.45, 7) is 5.31. The smallest absolute Gasteiger partial charge is 0.328 e. The van der Waals surface area contributed by atoms with Crippen molar-refractivity contribution in [1.82, 2.24) is 10.0 Å². The van der Waals surface area contributed by atoms with Crippen LogP contribution in [0.4, 0.5) is 10.5 Å². The van der Waals surface area contributed by atoms with Gasteiger partial charge >= 0.3 is 6.03 Å². The highest BCUT2D eigenvalue weighted by Crippen LogP contribution is 2.19. The Bertz CT molecular complexity index is 568. The zero-order valence-electron chi connectivity index (χ0n) is 11.2. The lowest BCUT2D eigenvalue weighted by atomic mass is 10.1. The van der Waals surface area contributed by atoms with E-state index in [-0.39, 0.29) is 10.9 Å². The van der Waals surface area contributed by atoms with Gasteiger partial charge in [-0.2, -0.15) is 0 Å². The topological polar surface area (TPSA) is 101 Å². The number of hydrogen-bond acceptors (Lipinski definition) is 4. The monoisotopic (exact) mass is 285 g/mol. The summed E-state index contributed by atoms with van der Waals surface area (Å²) in [6.07, 6.45) is 0.530. The third-order valence-electron chi connectivity index (χ3n) is 2.41. The van der Waals surface area contributed by atoms with Crippen molar-refractivity contribution in [1.29, 1.82) is 0 Å². The Morgan fingerprint density at radius 2 is 2.00 bits per heavy atom. The first-order chi connectivity index (χ1) is 8.76. The van der Waals surface area contributed by atoms with Gasteiger partial charge < -0.3 is 11.1 Å². The number of benzene rings is 1. The van der Waals surface area contributed by atoms with Crippen molar-refractivity contribution in [3.8, 4) is 0 Å². The summed E-state index contributed by atoms with van der Waals surface area (Å²) >= 11 is 0. The molecule has 0 radical (unpaired) electrons. The van der Waals surface area contributed by atoms with Crippen molar-refractivity contribution >= 4 is 21.7 Å². The molecule has 0 aliphatic heterocycles. The van der Waals surface area contributed by atoms with Gasteiger partial charge in [0.1, 0.15) is 0 Å². The van der Waals surface area contributed by atoms with Crippen molar-refractivity contribution in [3.05, 3.63) is 23.8 Å². The largest absolute Gasteiger partial charge is 0.399 e. The molecule has 0 unspecified atom stereocenters. The molecular formula is C12H19N3O3S. The van der Waals surface area contributed by atoms with Crippen molar-refractivity contribution < 1.29 is 13.2 Å². The van der Waals surface area contributed by atoms with Crippen LogP contribution in [0, 0.1) is 0 Å². The Hall–Kier alpha value is -1.76. The van der Waals surface area contributed by atoms with Crippen LogP contribution in [-0.2, 0) is 16.4 Å². The molecule has 0 atom stereocenters. The Morgan fingerprint density at radius 3 is 2.53 bits per heavy atom. The van der Waals surface area contributed by atoms with E-state index >= 15 is 0 Å². The molecule has 0 saturated heterocycles. The molecule has 1 rings (SSSR count). The summed E-state index contributed by atoms with van der Waals surface area (Å²) in [5.41, 5.74) is 6.54. The van der Waals surface area contributed by atoms with Gasteiger partial charge in [-0.25, -0.2) is 17.9 Å². The first kappa shape index (κ1) is 15.3. The molecular weight excluding hydrogens is 266 g/mol. The highest BCUT2D eigenvalue weighted by atomic mass is 32.2. The first-order valence-corrected chi connectivity index (χ1v) is 7.46. The van der Waals surface area contributed by atoms with Crippen LogP contribution in [0.15, 0.2) is 23.1 Å². The van der Waals surface area contributed by atoms with Gasteiger partial charge in [0, 0.05) is 11.7 Å². The predicted molar refractivity (Wildman–Crippen MR) is 74.2 cm³/mol. The van der Waals surface area contributed by atoms with E-state index in [4.69, 9.17) is 5.73 Å². The second kappa shape index (κ2) is 5.92. The average Bonchev–Trinajstić information content (AvgIpc) is 2.26. The molecule has 2 amide bonds. The van der Waals surface area contributed by atoms with Gasteiger partial charge in [-0.05, 0) is 38.0 Å². The van der Waals surface area contributed by atoms with Crippen molar-refractivity contribution in [2.24, 2.45) is 0 Å². The van der Waals surface area contributed by atoms with Gasteiger partial charge in [-0.1, -0.05) is 13.0 Å². The van der Waals surface area contributed by atoms with Crippen LogP contribution in [0.25, 0.3) is 0 Å². The molecule has 0 aliphatic rings. The molecule has 4 N–H and O–H groups in total. The number of urea groups is 1. The lowest BCUT2D eigenvalue weighted by Gasteiger charge is -2.13. The van der Waals surface area contributed by atoms with Gasteiger partial charge in [-0.3, -0.25) is 0 Å². The standard InChI is InChI=1S/C12H19N3O3S/c1-4-9-5-6-10(13)7-11(9)19(17,18)15-12(16)14-8(2)3/h5-8H,4,13H2,1-3H3,(H2,14,15,16). The van der Waals surface area contributed by atoms with Crippen molar-refractivity contribution in [2.45, 2.75) is 38.1 Å². The van der Waals surface area contributed by atoms with Gasteiger partial charge in [0.05, 0.1) is 4.90 Å². The quantitative estimate of drug-likeness (QED) is 0.724. The zero-order chi connectivity index (χ0) is 14.6. The molecule has 1 aromatic carbocycles. The van der Waals surface area contributed by atoms with Gasteiger partial charge in [0.2, 0.25) is 0 Å². The molecule has 19 heavy (non-hydrogen) atoms. The van der Waals surface area contributed by atoms with E-state index in [2.05, 4.69) is 5.32 Å². The summed E-state index contributed by atoms with van der Waals surface area (Å²) in [4.78, 5) is 11.5. The van der Waals surface area contributed by atoms with Crippen LogP contribution in [-0.4, -0.2) is 20.5 Å². The number of nitrogen functional groups attached to an aromatic ring is 1. The fourth-order valence-electron chi connectivity index (χ4n) is 1.58. The van der Waals surface area contributed by atoms with Crippen LogP contribution in [0.2, 0.25) is 0 Å². The third kappa shape index (κ3) is 4.13. The Morgan fingerprint density at radius 1 is 1.37 bits per heavy atom. The highest BCUT2D eigenvalue weighted by molar-refractivity contribution is 7.90. The molecule has 0 spiro atoms. The number of aryl methyl sites for hydroxylation is 1. The van der Waals surface area contributed by atoms with Crippen LogP contribution in [0.1, 0.15) is 26.3 Å². The lowest BCUT2D eigenvalue weighted by molar-refractivity contribution is 0.243. The number of amides is 2. The summed E-state index contributed by atoms with van der Waals surface area (Å²) < 4.78 is 26.2. The van der Waals surface area contributed by atoms with Crippen LogP contribution in [0.3, 0.4) is 0 Å². The molecule has 7 heteroatoms. The van der Waals surface area contributed by atoms with Crippen LogP contribution < -0.4 is 15.8 Å². The Kier molecular flexibility index (Phi) is 4.77. The fourth-order valence-corrected chi connectivity index (χ4v) is 2.84. The van der Waals surface area contributed by atoms with E-state index in [1.807, 2.05) is 11.6 Å². The summed E-state index contributed by atoms with van der Waals surface area (Å²) in [7, 11) is -3.91. The van der Waals surface area contributed by atoms with Crippen LogP contribution >= 0.6 is 0 Å². The number of carbonyl (C=O) groups is 1. The minimum atomic E-state index is -3.91. The highest BCUT2D eigenvalue weighted by Gasteiger charge is 2.21. The van der Waals surface area contributed by atoms with Gasteiger partial charge in [0.25, 0.3) is 10.0 Å². The molecule has 0 heterocycles. The van der Waals surface area contributed by atoms with Gasteiger partial charge in [0.15, 0.2) is 0 Å². The van der Waals surface area contributed by atoms with Gasteiger partial charge in [-0.15, -0.1) is 0 Å². The molecule has 0 saturated carbocycles. The lowest BCUT2D eigenvalue weighted by Crippen LogP contribution is -2.42. The fraction of sp³-hybridized carbons (Fsp3) is 0.417. The summed E-state index contributed by atoms with van der Waals surface area (Å²) in [5.74, 6) is 0. The van der Waals surface area contributed by atoms with E-state index < -0.39 is 16.1 Å². The molecule has 0 aromatic heterocycles. The Balaban J connectivity index is 3.07. The molecule has 0 fully saturated rings. The molecule has 1 aromatic rings. The van der Waals surface area contributed by atoms with Crippen molar-refractivity contribution in [2.75, 3.05) is 5.73 Å². The number of sulfonamides is 1. The van der Waals surface area contributed by atoms with E-state index in [0.29, 0.717) is 17.7 Å². The third-order valence-corrected chi connectivity index (χ3v) is 3.82. The second-order valence-electron chi connectivity index (χ2n) is 4.45. The van der Waals surface area contributed by atoms with E-state index in [1.54, 1.807) is 26.0 Å². The molecule has 106 valence electrons. The SMILES string of the molecule is CCc1ccc(N)cc1S(=O)(=O)NC(=O)NC(C)C. The van der Waals surface area contributed by atoms with Crippen molar-refractivity contribution in [3.63, 3.8) is 0 Å². The number of carbonyl (C=O) groups excluding carboxylic acids is 1. The zero-order valence-corrected chi connectivity index (χ0v) is 12.0. The molecule has 0 bridgehead atoms. The number of anilines is 1. The second-order valence-corrected chi connectivity index (χ2v) is 6.11. The predicted octanol–water partition coefficient (Wildman–Crippen LogP) is 1.23. The first-order valence-electron chi connectivity index (χ1n) is 5.98. The number of nitrogens with two attached hydrogens (primary N) is 1. The number of nitrogens with one attached hydrogen (secondary N) is 2. The van der Waals surface area contributed by atoms with E-state index in [0.717, 1.165) is 0 Å². The Labute approximate surface area is 113 Å². The van der Waals surface area contributed by atoms with E-state index in [9.17, 15) is 13.2 Å². The number of hydrogen-bond donors (Lipinski definition) is 3. The number of rotatable bonds is 4. The maximum Gasteiger partial charge on any atom is 0.328 e. The maximum atomic E-state index is 12.1. The summed E-state index contributed by atoms with van der Waals surface area (Å²) in [5, 5.41) is 2.46. The average molecular weight is 285 g/mol. The molecule has 0 aliphatic carbocycles. The van der Waals surface area contributed by atoms with E-state index in [1.165, 1.54) is 6.07 Å². The molecule has 6 nitrogen and oxygen atoms in total. The minimum absolute atomic E-state index is 0.0360. The van der Waals surface area contributed by atoms with Crippen LogP contribution in [0.5, 0.6) is 0 Å².